The molecule has 82 valence electrons. The highest BCUT2D eigenvalue weighted by molar-refractivity contribution is 5.97. The third-order valence-corrected chi connectivity index (χ3v) is 1.55. The maximum absolute atomic E-state index is 11.3. The standard InChI is InChI=1S/C7H11N5O3/c1-3(2)6(13)9-10-7(14)4-5(8)12-15-11-4/h3H,1-2H3,(H2,8,12)(H,9,13)(H,10,14). The van der Waals surface area contributed by atoms with E-state index in [9.17, 15) is 9.59 Å². The van der Waals surface area contributed by atoms with Gasteiger partial charge >= 0.3 is 0 Å². The lowest BCUT2D eigenvalue weighted by atomic mass is 10.2. The van der Waals surface area contributed by atoms with Crippen LogP contribution in [0.2, 0.25) is 0 Å². The first-order chi connectivity index (χ1) is 7.02. The second-order valence-electron chi connectivity index (χ2n) is 3.10. The first-order valence-electron chi connectivity index (χ1n) is 4.20. The number of anilines is 1. The van der Waals surface area contributed by atoms with Gasteiger partial charge in [0.25, 0.3) is 5.91 Å². The van der Waals surface area contributed by atoms with Crippen molar-refractivity contribution in [3.05, 3.63) is 5.69 Å². The third kappa shape index (κ3) is 2.66. The fourth-order valence-electron chi connectivity index (χ4n) is 0.675. The van der Waals surface area contributed by atoms with Crippen LogP contribution in [0.5, 0.6) is 0 Å². The largest absolute Gasteiger partial charge is 0.379 e. The van der Waals surface area contributed by atoms with Crippen LogP contribution in [0.3, 0.4) is 0 Å². The number of nitrogens with one attached hydrogen (secondary N) is 2. The van der Waals surface area contributed by atoms with Gasteiger partial charge in [0.15, 0.2) is 0 Å². The molecule has 0 saturated carbocycles. The van der Waals surface area contributed by atoms with Gasteiger partial charge in [-0.15, -0.1) is 0 Å². The number of carbonyl (C=O) groups is 2. The Morgan fingerprint density at radius 1 is 1.33 bits per heavy atom. The van der Waals surface area contributed by atoms with Gasteiger partial charge in [0.2, 0.25) is 17.4 Å². The lowest BCUT2D eigenvalue weighted by molar-refractivity contribution is -0.124. The van der Waals surface area contributed by atoms with E-state index < -0.39 is 5.91 Å². The number of hydrogen-bond acceptors (Lipinski definition) is 6. The molecule has 2 amide bonds. The Morgan fingerprint density at radius 2 is 2.00 bits per heavy atom. The van der Waals surface area contributed by atoms with E-state index in [2.05, 4.69) is 25.8 Å². The molecule has 0 aliphatic heterocycles. The van der Waals surface area contributed by atoms with Crippen molar-refractivity contribution in [2.75, 3.05) is 5.73 Å². The van der Waals surface area contributed by atoms with Gasteiger partial charge < -0.3 is 5.73 Å². The summed E-state index contributed by atoms with van der Waals surface area (Å²) in [4.78, 5) is 22.4. The van der Waals surface area contributed by atoms with Gasteiger partial charge in [-0.2, -0.15) is 0 Å². The number of carbonyl (C=O) groups excluding carboxylic acids is 2. The molecule has 0 radical (unpaired) electrons. The molecule has 15 heavy (non-hydrogen) atoms. The van der Waals surface area contributed by atoms with Gasteiger partial charge in [0.1, 0.15) is 0 Å². The van der Waals surface area contributed by atoms with Gasteiger partial charge in [0, 0.05) is 5.92 Å². The Bertz CT molecular complexity index is 372. The normalized spacial score (nSPS) is 10.1. The SMILES string of the molecule is CC(C)C(=O)NNC(=O)c1nonc1N. The Hall–Kier alpha value is -2.12. The van der Waals surface area contributed by atoms with Crippen LogP contribution in [-0.4, -0.2) is 22.1 Å². The number of amides is 2. The van der Waals surface area contributed by atoms with Crippen molar-refractivity contribution in [1.29, 1.82) is 0 Å². The molecule has 0 saturated heterocycles. The van der Waals surface area contributed by atoms with Gasteiger partial charge in [-0.05, 0) is 10.3 Å². The van der Waals surface area contributed by atoms with Gasteiger partial charge in [-0.25, -0.2) is 4.63 Å². The number of hydrazine groups is 1. The average Bonchev–Trinajstić information content (AvgIpc) is 2.60. The Labute approximate surface area is 85.1 Å². The lowest BCUT2D eigenvalue weighted by Gasteiger charge is -2.07. The molecule has 8 nitrogen and oxygen atoms in total. The summed E-state index contributed by atoms with van der Waals surface area (Å²) in [6.07, 6.45) is 0. The minimum Gasteiger partial charge on any atom is -0.379 e. The molecular formula is C7H11N5O3. The molecule has 1 heterocycles. The molecule has 0 fully saturated rings. The molecule has 1 aromatic rings. The van der Waals surface area contributed by atoms with Crippen LogP contribution in [0.4, 0.5) is 5.82 Å². The Morgan fingerprint density at radius 3 is 2.47 bits per heavy atom. The summed E-state index contributed by atoms with van der Waals surface area (Å²) >= 11 is 0. The minimum atomic E-state index is -0.678. The molecule has 4 N–H and O–H groups in total. The van der Waals surface area contributed by atoms with Crippen molar-refractivity contribution < 1.29 is 14.2 Å². The fourth-order valence-corrected chi connectivity index (χ4v) is 0.675. The van der Waals surface area contributed by atoms with Gasteiger partial charge in [-0.1, -0.05) is 13.8 Å². The molecule has 0 spiro atoms. The van der Waals surface area contributed by atoms with E-state index in [1.54, 1.807) is 13.8 Å². The van der Waals surface area contributed by atoms with E-state index in [0.29, 0.717) is 0 Å². The van der Waals surface area contributed by atoms with Crippen molar-refractivity contribution in [3.63, 3.8) is 0 Å². The average molecular weight is 213 g/mol. The summed E-state index contributed by atoms with van der Waals surface area (Å²) in [5, 5.41) is 6.48. The number of nitrogen functional groups attached to an aromatic ring is 1. The van der Waals surface area contributed by atoms with E-state index in [4.69, 9.17) is 5.73 Å². The van der Waals surface area contributed by atoms with E-state index in [1.165, 1.54) is 0 Å². The van der Waals surface area contributed by atoms with Crippen LogP contribution in [0.1, 0.15) is 24.3 Å². The summed E-state index contributed by atoms with van der Waals surface area (Å²) in [5.41, 5.74) is 9.42. The molecular weight excluding hydrogens is 202 g/mol. The van der Waals surface area contributed by atoms with E-state index in [1.807, 2.05) is 0 Å². The Kier molecular flexibility index (Phi) is 3.21. The maximum Gasteiger partial charge on any atom is 0.295 e. The fraction of sp³-hybridized carbons (Fsp3) is 0.429. The number of nitrogens with two attached hydrogens (primary N) is 1. The topological polar surface area (TPSA) is 123 Å². The summed E-state index contributed by atoms with van der Waals surface area (Å²) in [7, 11) is 0. The van der Waals surface area contributed by atoms with Crippen molar-refractivity contribution in [2.45, 2.75) is 13.8 Å². The van der Waals surface area contributed by atoms with E-state index in [-0.39, 0.29) is 23.3 Å². The summed E-state index contributed by atoms with van der Waals surface area (Å²) in [5.74, 6) is -1.37. The smallest absolute Gasteiger partial charge is 0.295 e. The number of nitrogens with zero attached hydrogens (tertiary/aromatic N) is 2. The number of hydrogen-bond donors (Lipinski definition) is 3. The highest BCUT2D eigenvalue weighted by Crippen LogP contribution is 2.02. The van der Waals surface area contributed by atoms with Crippen LogP contribution >= 0.6 is 0 Å². The van der Waals surface area contributed by atoms with Crippen LogP contribution in [-0.2, 0) is 4.79 Å². The van der Waals surface area contributed by atoms with Gasteiger partial charge in [0.05, 0.1) is 0 Å². The molecule has 0 aliphatic carbocycles. The molecule has 0 atom stereocenters. The van der Waals surface area contributed by atoms with Crippen LogP contribution in [0.25, 0.3) is 0 Å². The maximum atomic E-state index is 11.3. The molecule has 0 bridgehead atoms. The summed E-state index contributed by atoms with van der Waals surface area (Å²) in [6.45, 7) is 3.38. The van der Waals surface area contributed by atoms with Crippen molar-refractivity contribution in [3.8, 4) is 0 Å². The second kappa shape index (κ2) is 4.40. The monoisotopic (exact) mass is 213 g/mol. The first-order valence-corrected chi connectivity index (χ1v) is 4.20. The highest BCUT2D eigenvalue weighted by Gasteiger charge is 2.16. The van der Waals surface area contributed by atoms with E-state index >= 15 is 0 Å². The number of rotatable bonds is 2. The predicted octanol–water partition coefficient (Wildman–Crippen LogP) is -0.931. The van der Waals surface area contributed by atoms with Crippen LogP contribution in [0.15, 0.2) is 4.63 Å². The predicted molar refractivity (Wildman–Crippen MR) is 49.2 cm³/mol. The summed E-state index contributed by atoms with van der Waals surface area (Å²) in [6, 6.07) is 0. The van der Waals surface area contributed by atoms with Crippen molar-refractivity contribution >= 4 is 17.6 Å². The van der Waals surface area contributed by atoms with Crippen LogP contribution in [0, 0.1) is 5.92 Å². The number of aromatic nitrogens is 2. The third-order valence-electron chi connectivity index (χ3n) is 1.55. The highest BCUT2D eigenvalue weighted by atomic mass is 16.6. The van der Waals surface area contributed by atoms with Crippen molar-refractivity contribution in [2.24, 2.45) is 5.92 Å². The molecule has 1 aromatic heterocycles. The second-order valence-corrected chi connectivity index (χ2v) is 3.10. The summed E-state index contributed by atoms with van der Waals surface area (Å²) < 4.78 is 4.22. The van der Waals surface area contributed by atoms with Crippen LogP contribution < -0.4 is 16.6 Å². The zero-order valence-electron chi connectivity index (χ0n) is 8.27. The molecule has 1 rings (SSSR count). The van der Waals surface area contributed by atoms with Crippen molar-refractivity contribution in [1.82, 2.24) is 21.2 Å². The van der Waals surface area contributed by atoms with E-state index in [0.717, 1.165) is 0 Å². The minimum absolute atomic E-state index is 0.133. The molecule has 0 aromatic carbocycles. The lowest BCUT2D eigenvalue weighted by Crippen LogP contribution is -2.43. The molecule has 8 heteroatoms. The quantitative estimate of drug-likeness (QED) is 0.545. The van der Waals surface area contributed by atoms with Gasteiger partial charge in [-0.3, -0.25) is 20.4 Å². The first kappa shape index (κ1) is 11.0. The molecule has 0 aliphatic rings. The zero-order chi connectivity index (χ0) is 11.4. The Balaban J connectivity index is 2.51. The zero-order valence-corrected chi connectivity index (χ0v) is 8.27. The molecule has 0 unspecified atom stereocenters.